The summed E-state index contributed by atoms with van der Waals surface area (Å²) in [4.78, 5) is 24.0. The molecule has 0 bridgehead atoms. The van der Waals surface area contributed by atoms with E-state index in [4.69, 9.17) is 9.47 Å². The normalized spacial score (nSPS) is 14.1. The summed E-state index contributed by atoms with van der Waals surface area (Å²) >= 11 is 0. The molecule has 12 heteroatoms. The summed E-state index contributed by atoms with van der Waals surface area (Å²) in [6.45, 7) is 4.18. The van der Waals surface area contributed by atoms with Crippen LogP contribution < -0.4 is 15.0 Å². The van der Waals surface area contributed by atoms with Crippen LogP contribution in [0, 0.1) is 6.92 Å². The Morgan fingerprint density at radius 3 is 2.65 bits per heavy atom. The maximum absolute atomic E-state index is 13.0. The van der Waals surface area contributed by atoms with E-state index in [1.165, 1.54) is 18.2 Å². The van der Waals surface area contributed by atoms with Crippen molar-refractivity contribution >= 4 is 28.6 Å². The second kappa shape index (κ2) is 9.69. The Morgan fingerprint density at radius 2 is 1.89 bits per heavy atom. The third kappa shape index (κ3) is 5.33. The second-order valence-corrected chi connectivity index (χ2v) is 8.58. The molecule has 1 amide bonds. The van der Waals surface area contributed by atoms with Gasteiger partial charge in [-0.25, -0.2) is 0 Å². The molecule has 1 N–H and O–H groups in total. The lowest BCUT2D eigenvalue weighted by molar-refractivity contribution is -0.137. The fourth-order valence-corrected chi connectivity index (χ4v) is 3.90. The van der Waals surface area contributed by atoms with Gasteiger partial charge in [0.2, 0.25) is 11.8 Å². The Hall–Kier alpha value is -4.19. The smallest absolute Gasteiger partial charge is 0.416 e. The predicted octanol–water partition coefficient (Wildman–Crippen LogP) is 4.57. The van der Waals surface area contributed by atoms with Gasteiger partial charge in [0.05, 0.1) is 18.8 Å². The Balaban J connectivity index is 1.44. The van der Waals surface area contributed by atoms with Crippen LogP contribution in [-0.2, 0) is 18.0 Å². The first-order chi connectivity index (χ1) is 17.7. The molecular weight excluding hydrogens is 489 g/mol. The van der Waals surface area contributed by atoms with Crippen LogP contribution in [0.4, 0.5) is 24.8 Å². The SMILES string of the molecule is Cc1ccc(C(=O)Nc2cccc(C(F)(F)F)c2)cc1Oc1nc(N2CCOCC2)nc2nn(C)cc12. The Bertz CT molecular complexity index is 1460. The van der Waals surface area contributed by atoms with E-state index >= 15 is 0 Å². The highest BCUT2D eigenvalue weighted by atomic mass is 19.4. The first kappa shape index (κ1) is 24.5. The van der Waals surface area contributed by atoms with Gasteiger partial charge in [-0.3, -0.25) is 9.48 Å². The van der Waals surface area contributed by atoms with E-state index in [0.717, 1.165) is 17.7 Å². The summed E-state index contributed by atoms with van der Waals surface area (Å²) in [6, 6.07) is 9.26. The molecule has 0 saturated carbocycles. The molecule has 192 valence electrons. The molecule has 2 aromatic heterocycles. The molecule has 1 aliphatic heterocycles. The number of amides is 1. The van der Waals surface area contributed by atoms with Crippen molar-refractivity contribution in [2.24, 2.45) is 7.05 Å². The van der Waals surface area contributed by atoms with Gasteiger partial charge < -0.3 is 19.7 Å². The van der Waals surface area contributed by atoms with E-state index < -0.39 is 17.6 Å². The van der Waals surface area contributed by atoms with Crippen molar-refractivity contribution in [3.8, 4) is 11.6 Å². The molecule has 5 rings (SSSR count). The third-order valence-corrected chi connectivity index (χ3v) is 5.85. The van der Waals surface area contributed by atoms with Crippen molar-refractivity contribution in [1.29, 1.82) is 0 Å². The molecule has 0 radical (unpaired) electrons. The highest BCUT2D eigenvalue weighted by Crippen LogP contribution is 2.33. The van der Waals surface area contributed by atoms with Crippen molar-refractivity contribution in [3.63, 3.8) is 0 Å². The summed E-state index contributed by atoms with van der Waals surface area (Å²) in [6.07, 6.45) is -2.77. The number of aromatic nitrogens is 4. The Kier molecular flexibility index (Phi) is 6.42. The van der Waals surface area contributed by atoms with Crippen molar-refractivity contribution < 1.29 is 27.4 Å². The van der Waals surface area contributed by atoms with E-state index in [0.29, 0.717) is 49.0 Å². The highest BCUT2D eigenvalue weighted by Gasteiger charge is 2.30. The van der Waals surface area contributed by atoms with Crippen LogP contribution in [0.1, 0.15) is 21.5 Å². The summed E-state index contributed by atoms with van der Waals surface area (Å²) in [5.41, 5.74) is 0.594. The summed E-state index contributed by atoms with van der Waals surface area (Å²) in [5.74, 6) is 0.527. The lowest BCUT2D eigenvalue weighted by atomic mass is 10.1. The van der Waals surface area contributed by atoms with E-state index in [1.54, 1.807) is 30.1 Å². The molecule has 37 heavy (non-hydrogen) atoms. The zero-order valence-corrected chi connectivity index (χ0v) is 20.0. The minimum atomic E-state index is -4.51. The zero-order valence-electron chi connectivity index (χ0n) is 20.0. The summed E-state index contributed by atoms with van der Waals surface area (Å²) in [7, 11) is 1.77. The molecule has 3 heterocycles. The molecule has 1 aliphatic rings. The van der Waals surface area contributed by atoms with Gasteiger partial charge >= 0.3 is 6.18 Å². The molecular formula is C25H23F3N6O3. The number of rotatable bonds is 5. The number of morpholine rings is 1. The van der Waals surface area contributed by atoms with E-state index in [2.05, 4.69) is 20.4 Å². The average molecular weight is 512 g/mol. The number of nitrogens with zero attached hydrogens (tertiary/aromatic N) is 5. The maximum atomic E-state index is 13.0. The average Bonchev–Trinajstić information content (AvgIpc) is 3.26. The zero-order chi connectivity index (χ0) is 26.2. The second-order valence-electron chi connectivity index (χ2n) is 8.58. The third-order valence-electron chi connectivity index (χ3n) is 5.85. The van der Waals surface area contributed by atoms with Crippen LogP contribution >= 0.6 is 0 Å². The molecule has 0 atom stereocenters. The number of nitrogens with one attached hydrogen (secondary N) is 1. The van der Waals surface area contributed by atoms with Gasteiger partial charge in [-0.05, 0) is 42.8 Å². The van der Waals surface area contributed by atoms with Gasteiger partial charge in [0.25, 0.3) is 5.91 Å². The molecule has 0 aliphatic carbocycles. The van der Waals surface area contributed by atoms with Crippen LogP contribution in [0.5, 0.6) is 11.6 Å². The van der Waals surface area contributed by atoms with Gasteiger partial charge in [-0.15, -0.1) is 0 Å². The largest absolute Gasteiger partial charge is 0.438 e. The minimum absolute atomic E-state index is 0.0332. The number of carbonyl (C=O) groups excluding carboxylic acids is 1. The van der Waals surface area contributed by atoms with E-state index in [1.807, 2.05) is 11.8 Å². The number of halogens is 3. The summed E-state index contributed by atoms with van der Waals surface area (Å²) < 4.78 is 52.3. The fraction of sp³-hybridized carbons (Fsp3) is 0.280. The molecule has 1 saturated heterocycles. The fourth-order valence-electron chi connectivity index (χ4n) is 3.90. The van der Waals surface area contributed by atoms with E-state index in [9.17, 15) is 18.0 Å². The van der Waals surface area contributed by atoms with Gasteiger partial charge in [-0.2, -0.15) is 28.2 Å². The number of hydrogen-bond donors (Lipinski definition) is 1. The lowest BCUT2D eigenvalue weighted by Gasteiger charge is -2.26. The van der Waals surface area contributed by atoms with Crippen LogP contribution in [0.15, 0.2) is 48.7 Å². The molecule has 0 spiro atoms. The number of anilines is 2. The first-order valence-electron chi connectivity index (χ1n) is 11.5. The summed E-state index contributed by atoms with van der Waals surface area (Å²) in [5, 5.41) is 7.50. The standard InChI is InChI=1S/C25H23F3N6O3/c1-15-6-7-16(22(35)29-18-5-3-4-17(13-18)25(26,27)28)12-20(15)37-23-19-14-33(2)32-21(19)30-24(31-23)34-8-10-36-11-9-34/h3-7,12-14H,8-11H2,1-2H3,(H,29,35). The van der Waals surface area contributed by atoms with Crippen LogP contribution in [0.25, 0.3) is 11.0 Å². The number of benzene rings is 2. The lowest BCUT2D eigenvalue weighted by Crippen LogP contribution is -2.37. The van der Waals surface area contributed by atoms with Crippen LogP contribution in [0.3, 0.4) is 0 Å². The number of alkyl halides is 3. The number of ether oxygens (including phenoxy) is 2. The number of aryl methyl sites for hydroxylation is 2. The van der Waals surface area contributed by atoms with Crippen molar-refractivity contribution in [3.05, 3.63) is 65.4 Å². The van der Waals surface area contributed by atoms with E-state index in [-0.39, 0.29) is 17.1 Å². The molecule has 1 fully saturated rings. The Labute approximate surface area is 209 Å². The quantitative estimate of drug-likeness (QED) is 0.419. The van der Waals surface area contributed by atoms with Crippen LogP contribution in [-0.4, -0.2) is 52.0 Å². The molecule has 9 nitrogen and oxygen atoms in total. The van der Waals surface area contributed by atoms with Crippen molar-refractivity contribution in [2.45, 2.75) is 13.1 Å². The topological polar surface area (TPSA) is 94.4 Å². The monoisotopic (exact) mass is 512 g/mol. The van der Waals surface area contributed by atoms with Gasteiger partial charge in [0.15, 0.2) is 5.65 Å². The number of hydrogen-bond acceptors (Lipinski definition) is 7. The number of carbonyl (C=O) groups is 1. The van der Waals surface area contributed by atoms with Crippen LogP contribution in [0.2, 0.25) is 0 Å². The van der Waals surface area contributed by atoms with Gasteiger partial charge in [0, 0.05) is 37.6 Å². The molecule has 4 aromatic rings. The maximum Gasteiger partial charge on any atom is 0.416 e. The Morgan fingerprint density at radius 1 is 1.11 bits per heavy atom. The highest BCUT2D eigenvalue weighted by molar-refractivity contribution is 6.04. The van der Waals surface area contributed by atoms with Gasteiger partial charge in [0.1, 0.15) is 11.1 Å². The predicted molar refractivity (Wildman–Crippen MR) is 130 cm³/mol. The minimum Gasteiger partial charge on any atom is -0.438 e. The van der Waals surface area contributed by atoms with Gasteiger partial charge in [-0.1, -0.05) is 12.1 Å². The molecule has 0 unspecified atom stereocenters. The van der Waals surface area contributed by atoms with Crippen molar-refractivity contribution in [2.75, 3.05) is 36.5 Å². The molecule has 2 aromatic carbocycles. The number of fused-ring (bicyclic) bond motifs is 1. The first-order valence-corrected chi connectivity index (χ1v) is 11.5. The van der Waals surface area contributed by atoms with Crippen molar-refractivity contribution in [1.82, 2.24) is 19.7 Å².